The van der Waals surface area contributed by atoms with Crippen LogP contribution in [-0.4, -0.2) is 6.04 Å². The molecule has 0 aromatic heterocycles. The third-order valence-electron chi connectivity index (χ3n) is 3.21. The van der Waals surface area contributed by atoms with Crippen molar-refractivity contribution in [3.63, 3.8) is 0 Å². The Hall–Kier alpha value is -1.79. The summed E-state index contributed by atoms with van der Waals surface area (Å²) in [6.07, 6.45) is 2.13. The van der Waals surface area contributed by atoms with Crippen LogP contribution in [0.2, 0.25) is 0 Å². The van der Waals surface area contributed by atoms with E-state index < -0.39 is 0 Å². The minimum atomic E-state index is 0.384. The molecule has 2 aromatic rings. The van der Waals surface area contributed by atoms with Gasteiger partial charge in [0.15, 0.2) is 0 Å². The number of hydrogen-bond donors (Lipinski definition) is 1. The predicted molar refractivity (Wildman–Crippen MR) is 86.7 cm³/mol. The lowest BCUT2D eigenvalue weighted by molar-refractivity contribution is 0.706. The van der Waals surface area contributed by atoms with Gasteiger partial charge in [0.05, 0.1) is 5.56 Å². The monoisotopic (exact) mass is 328 g/mol. The maximum atomic E-state index is 8.90. The second kappa shape index (κ2) is 7.12. The summed E-state index contributed by atoms with van der Waals surface area (Å²) in [5, 5.41) is 12.4. The van der Waals surface area contributed by atoms with Crippen molar-refractivity contribution in [3.05, 3.63) is 64.1 Å². The van der Waals surface area contributed by atoms with Crippen molar-refractivity contribution in [1.29, 1.82) is 5.26 Å². The lowest BCUT2D eigenvalue weighted by atomic mass is 10.1. The Morgan fingerprint density at radius 3 is 2.60 bits per heavy atom. The van der Waals surface area contributed by atoms with Crippen molar-refractivity contribution in [2.75, 3.05) is 5.32 Å². The van der Waals surface area contributed by atoms with Gasteiger partial charge in [-0.25, -0.2) is 0 Å². The molecule has 3 heteroatoms. The average Bonchev–Trinajstić information content (AvgIpc) is 2.46. The molecule has 0 aliphatic rings. The van der Waals surface area contributed by atoms with Gasteiger partial charge in [-0.15, -0.1) is 0 Å². The molecule has 0 heterocycles. The summed E-state index contributed by atoms with van der Waals surface area (Å²) in [4.78, 5) is 0. The number of hydrogen-bond acceptors (Lipinski definition) is 2. The fraction of sp³-hybridized carbons (Fsp3) is 0.235. The van der Waals surface area contributed by atoms with Crippen LogP contribution in [-0.2, 0) is 6.42 Å². The largest absolute Gasteiger partial charge is 0.383 e. The van der Waals surface area contributed by atoms with E-state index in [2.05, 4.69) is 58.5 Å². The summed E-state index contributed by atoms with van der Waals surface area (Å²) < 4.78 is 0.834. The van der Waals surface area contributed by atoms with Crippen molar-refractivity contribution in [2.45, 2.75) is 25.8 Å². The molecule has 0 amide bonds. The summed E-state index contributed by atoms with van der Waals surface area (Å²) >= 11 is 3.41. The highest BCUT2D eigenvalue weighted by atomic mass is 79.9. The minimum Gasteiger partial charge on any atom is -0.383 e. The van der Waals surface area contributed by atoms with Gasteiger partial charge in [-0.1, -0.05) is 30.3 Å². The van der Waals surface area contributed by atoms with Crippen molar-refractivity contribution < 1.29 is 0 Å². The molecule has 0 bridgehead atoms. The number of halogens is 1. The first-order valence-electron chi connectivity index (χ1n) is 6.69. The van der Waals surface area contributed by atoms with E-state index in [-0.39, 0.29) is 0 Å². The van der Waals surface area contributed by atoms with E-state index in [4.69, 9.17) is 5.26 Å². The quantitative estimate of drug-likeness (QED) is 0.859. The molecule has 2 aromatic carbocycles. The topological polar surface area (TPSA) is 35.8 Å². The number of nitriles is 1. The molecule has 1 N–H and O–H groups in total. The first kappa shape index (κ1) is 14.6. The molecule has 0 radical (unpaired) electrons. The normalized spacial score (nSPS) is 11.7. The van der Waals surface area contributed by atoms with E-state index in [0.717, 1.165) is 23.0 Å². The Balaban J connectivity index is 1.90. The van der Waals surface area contributed by atoms with E-state index in [9.17, 15) is 0 Å². The number of anilines is 1. The average molecular weight is 329 g/mol. The summed E-state index contributed by atoms with van der Waals surface area (Å²) in [6, 6.07) is 18.8. The molecule has 0 aliphatic carbocycles. The van der Waals surface area contributed by atoms with E-state index in [1.54, 1.807) is 0 Å². The molecule has 2 rings (SSSR count). The molecule has 20 heavy (non-hydrogen) atoms. The Bertz CT molecular complexity index is 602. The molecule has 0 saturated heterocycles. The van der Waals surface area contributed by atoms with Gasteiger partial charge in [0.25, 0.3) is 0 Å². The Labute approximate surface area is 128 Å². The highest BCUT2D eigenvalue weighted by Gasteiger charge is 2.05. The first-order chi connectivity index (χ1) is 9.69. The second-order valence-electron chi connectivity index (χ2n) is 4.88. The van der Waals surface area contributed by atoms with Crippen LogP contribution in [0.3, 0.4) is 0 Å². The molecular weight excluding hydrogens is 312 g/mol. The lowest BCUT2D eigenvalue weighted by Crippen LogP contribution is -2.16. The van der Waals surface area contributed by atoms with Crippen molar-refractivity contribution in [3.8, 4) is 6.07 Å². The fourth-order valence-electron chi connectivity index (χ4n) is 2.08. The predicted octanol–water partition coefficient (Wildman–Crippen LogP) is 4.75. The fourth-order valence-corrected chi connectivity index (χ4v) is 2.55. The second-order valence-corrected chi connectivity index (χ2v) is 5.73. The molecule has 1 atom stereocenters. The minimum absolute atomic E-state index is 0.384. The van der Waals surface area contributed by atoms with Crippen molar-refractivity contribution in [2.24, 2.45) is 0 Å². The zero-order valence-corrected chi connectivity index (χ0v) is 13.0. The molecule has 2 nitrogen and oxygen atoms in total. The molecule has 0 aliphatic heterocycles. The van der Waals surface area contributed by atoms with Crippen LogP contribution in [0.25, 0.3) is 0 Å². The van der Waals surface area contributed by atoms with Gasteiger partial charge in [-0.05, 0) is 59.5 Å². The summed E-state index contributed by atoms with van der Waals surface area (Å²) in [7, 11) is 0. The zero-order chi connectivity index (χ0) is 14.4. The smallest absolute Gasteiger partial charge is 0.100 e. The zero-order valence-electron chi connectivity index (χ0n) is 11.4. The van der Waals surface area contributed by atoms with Crippen LogP contribution in [0, 0.1) is 11.3 Å². The third kappa shape index (κ3) is 4.11. The molecular formula is C17H17BrN2. The van der Waals surface area contributed by atoms with Gasteiger partial charge in [0.1, 0.15) is 6.07 Å². The van der Waals surface area contributed by atoms with Crippen LogP contribution in [0.4, 0.5) is 5.69 Å². The van der Waals surface area contributed by atoms with Crippen molar-refractivity contribution in [1.82, 2.24) is 0 Å². The van der Waals surface area contributed by atoms with E-state index in [1.165, 1.54) is 5.56 Å². The van der Waals surface area contributed by atoms with Gasteiger partial charge in [0, 0.05) is 16.2 Å². The van der Waals surface area contributed by atoms with Crippen LogP contribution >= 0.6 is 15.9 Å². The standard InChI is InChI=1S/C17H17BrN2/c1-13(7-8-14-5-3-2-4-6-14)20-16-10-9-15(12-19)17(18)11-16/h2-6,9-11,13,20H,7-8H2,1H3. The van der Waals surface area contributed by atoms with E-state index in [0.29, 0.717) is 11.6 Å². The summed E-state index contributed by atoms with van der Waals surface area (Å²) in [5.41, 5.74) is 3.06. The Morgan fingerprint density at radius 2 is 1.95 bits per heavy atom. The van der Waals surface area contributed by atoms with E-state index in [1.807, 2.05) is 24.3 Å². The molecule has 102 valence electrons. The molecule has 0 fully saturated rings. The van der Waals surface area contributed by atoms with Gasteiger partial charge < -0.3 is 5.32 Å². The molecule has 1 unspecified atom stereocenters. The lowest BCUT2D eigenvalue weighted by Gasteiger charge is -2.15. The van der Waals surface area contributed by atoms with Crippen LogP contribution < -0.4 is 5.32 Å². The van der Waals surface area contributed by atoms with Gasteiger partial charge in [0.2, 0.25) is 0 Å². The number of nitrogens with zero attached hydrogens (tertiary/aromatic N) is 1. The highest BCUT2D eigenvalue weighted by molar-refractivity contribution is 9.10. The maximum Gasteiger partial charge on any atom is 0.100 e. The van der Waals surface area contributed by atoms with Gasteiger partial charge in [-0.2, -0.15) is 5.26 Å². The Kier molecular flexibility index (Phi) is 5.20. The number of nitrogens with one attached hydrogen (secondary N) is 1. The first-order valence-corrected chi connectivity index (χ1v) is 7.48. The highest BCUT2D eigenvalue weighted by Crippen LogP contribution is 2.21. The summed E-state index contributed by atoms with van der Waals surface area (Å²) in [5.74, 6) is 0. The molecule has 0 spiro atoms. The van der Waals surface area contributed by atoms with Crippen LogP contribution in [0.5, 0.6) is 0 Å². The van der Waals surface area contributed by atoms with Gasteiger partial charge in [-0.3, -0.25) is 0 Å². The number of aryl methyl sites for hydroxylation is 1. The number of rotatable bonds is 5. The molecule has 0 saturated carbocycles. The SMILES string of the molecule is CC(CCc1ccccc1)Nc1ccc(C#N)c(Br)c1. The van der Waals surface area contributed by atoms with Crippen molar-refractivity contribution >= 4 is 21.6 Å². The summed E-state index contributed by atoms with van der Waals surface area (Å²) in [6.45, 7) is 2.18. The van der Waals surface area contributed by atoms with Crippen LogP contribution in [0.1, 0.15) is 24.5 Å². The number of benzene rings is 2. The van der Waals surface area contributed by atoms with Crippen LogP contribution in [0.15, 0.2) is 53.0 Å². The Morgan fingerprint density at radius 1 is 1.20 bits per heavy atom. The maximum absolute atomic E-state index is 8.90. The van der Waals surface area contributed by atoms with E-state index >= 15 is 0 Å². The van der Waals surface area contributed by atoms with Gasteiger partial charge >= 0.3 is 0 Å². The third-order valence-corrected chi connectivity index (χ3v) is 3.87.